The molecule has 1 aromatic carbocycles. The first-order chi connectivity index (χ1) is 7.65. The maximum absolute atomic E-state index is 13.0. The summed E-state index contributed by atoms with van der Waals surface area (Å²) in [5.74, 6) is 0.318. The summed E-state index contributed by atoms with van der Waals surface area (Å²) in [6.45, 7) is 1.63. The van der Waals surface area contributed by atoms with Crippen LogP contribution in [0.25, 0.3) is 0 Å². The Morgan fingerprint density at radius 1 is 1.38 bits per heavy atom. The van der Waals surface area contributed by atoms with E-state index in [0.717, 1.165) is 0 Å². The minimum absolute atomic E-state index is 0.176. The molecule has 2 rings (SSSR count). The van der Waals surface area contributed by atoms with Gasteiger partial charge in [0.2, 0.25) is 5.88 Å². The number of hydrogen-bond donors (Lipinski definition) is 1. The first-order valence-electron chi connectivity index (χ1n) is 4.64. The van der Waals surface area contributed by atoms with Crippen molar-refractivity contribution in [1.29, 1.82) is 0 Å². The summed E-state index contributed by atoms with van der Waals surface area (Å²) in [4.78, 5) is 17.2. The van der Waals surface area contributed by atoms with Crippen molar-refractivity contribution in [3.63, 3.8) is 0 Å². The Bertz CT molecular complexity index is 566. The Morgan fingerprint density at radius 3 is 2.88 bits per heavy atom. The van der Waals surface area contributed by atoms with Gasteiger partial charge in [0.15, 0.2) is 0 Å². The minimum Gasteiger partial charge on any atom is -0.439 e. The molecule has 0 spiro atoms. The van der Waals surface area contributed by atoms with Crippen molar-refractivity contribution in [1.82, 2.24) is 9.97 Å². The molecular formula is C11H9FN2O2. The van der Waals surface area contributed by atoms with Crippen LogP contribution in [0.15, 0.2) is 35.4 Å². The van der Waals surface area contributed by atoms with Gasteiger partial charge in [0.1, 0.15) is 11.6 Å². The van der Waals surface area contributed by atoms with Gasteiger partial charge in [-0.25, -0.2) is 9.37 Å². The van der Waals surface area contributed by atoms with E-state index in [1.54, 1.807) is 6.92 Å². The summed E-state index contributed by atoms with van der Waals surface area (Å²) in [6.07, 6.45) is 1.24. The van der Waals surface area contributed by atoms with E-state index in [1.807, 2.05) is 0 Å². The van der Waals surface area contributed by atoms with E-state index >= 15 is 0 Å². The third kappa shape index (κ3) is 2.25. The molecule has 4 nitrogen and oxygen atoms in total. The van der Waals surface area contributed by atoms with Gasteiger partial charge in [0.25, 0.3) is 5.56 Å². The van der Waals surface area contributed by atoms with E-state index in [9.17, 15) is 9.18 Å². The molecule has 0 aliphatic rings. The number of ether oxygens (including phenoxy) is 1. The van der Waals surface area contributed by atoms with E-state index < -0.39 is 0 Å². The molecule has 0 unspecified atom stereocenters. The Kier molecular flexibility index (Phi) is 2.68. The van der Waals surface area contributed by atoms with Crippen LogP contribution in [0.5, 0.6) is 11.6 Å². The Morgan fingerprint density at radius 2 is 2.19 bits per heavy atom. The number of nitrogens with zero attached hydrogens (tertiary/aromatic N) is 1. The lowest BCUT2D eigenvalue weighted by Gasteiger charge is -2.04. The van der Waals surface area contributed by atoms with Crippen LogP contribution in [0, 0.1) is 12.7 Å². The topological polar surface area (TPSA) is 55.0 Å². The molecule has 0 saturated heterocycles. The molecule has 1 N–H and O–H groups in total. The van der Waals surface area contributed by atoms with Gasteiger partial charge in [-0.3, -0.25) is 4.79 Å². The van der Waals surface area contributed by atoms with Crippen LogP contribution in [-0.4, -0.2) is 9.97 Å². The van der Waals surface area contributed by atoms with Gasteiger partial charge in [0.05, 0.1) is 12.4 Å². The summed E-state index contributed by atoms with van der Waals surface area (Å²) >= 11 is 0. The van der Waals surface area contributed by atoms with Gasteiger partial charge in [-0.2, -0.15) is 0 Å². The average molecular weight is 220 g/mol. The van der Waals surface area contributed by atoms with Crippen molar-refractivity contribution >= 4 is 0 Å². The SMILES string of the molecule is Cc1cc(Oc2cc(=O)[nH]cn2)ccc1F. The van der Waals surface area contributed by atoms with Crippen LogP contribution >= 0.6 is 0 Å². The molecule has 0 atom stereocenters. The lowest BCUT2D eigenvalue weighted by molar-refractivity contribution is 0.458. The van der Waals surface area contributed by atoms with Crippen molar-refractivity contribution in [2.75, 3.05) is 0 Å². The molecule has 1 heterocycles. The zero-order chi connectivity index (χ0) is 11.5. The number of aromatic amines is 1. The second kappa shape index (κ2) is 4.14. The van der Waals surface area contributed by atoms with E-state index in [-0.39, 0.29) is 17.3 Å². The van der Waals surface area contributed by atoms with Crippen LogP contribution in [0.4, 0.5) is 4.39 Å². The Labute approximate surface area is 90.7 Å². The summed E-state index contributed by atoms with van der Waals surface area (Å²) in [6, 6.07) is 5.54. The number of halogens is 1. The van der Waals surface area contributed by atoms with E-state index in [0.29, 0.717) is 11.3 Å². The molecule has 0 aliphatic heterocycles. The Hall–Kier alpha value is -2.17. The zero-order valence-corrected chi connectivity index (χ0v) is 8.53. The maximum Gasteiger partial charge on any atom is 0.254 e. The second-order valence-corrected chi connectivity index (χ2v) is 3.26. The Balaban J connectivity index is 2.27. The normalized spacial score (nSPS) is 10.1. The van der Waals surface area contributed by atoms with Gasteiger partial charge in [0, 0.05) is 0 Å². The van der Waals surface area contributed by atoms with Gasteiger partial charge in [-0.1, -0.05) is 0 Å². The molecule has 1 aromatic heterocycles. The van der Waals surface area contributed by atoms with Gasteiger partial charge in [-0.15, -0.1) is 0 Å². The number of rotatable bonds is 2. The van der Waals surface area contributed by atoms with Crippen molar-refractivity contribution < 1.29 is 9.13 Å². The monoisotopic (exact) mass is 220 g/mol. The number of hydrogen-bond acceptors (Lipinski definition) is 3. The zero-order valence-electron chi connectivity index (χ0n) is 8.53. The largest absolute Gasteiger partial charge is 0.439 e. The second-order valence-electron chi connectivity index (χ2n) is 3.26. The first kappa shape index (κ1) is 10.4. The third-order valence-corrected chi connectivity index (χ3v) is 2.00. The van der Waals surface area contributed by atoms with Crippen LogP contribution in [-0.2, 0) is 0 Å². The molecule has 0 aliphatic carbocycles. The van der Waals surface area contributed by atoms with Crippen molar-refractivity contribution in [2.24, 2.45) is 0 Å². The van der Waals surface area contributed by atoms with Gasteiger partial charge in [-0.05, 0) is 30.7 Å². The molecule has 0 bridgehead atoms. The molecule has 82 valence electrons. The van der Waals surface area contributed by atoms with E-state index in [2.05, 4.69) is 9.97 Å². The molecule has 0 amide bonds. The highest BCUT2D eigenvalue weighted by atomic mass is 19.1. The van der Waals surface area contributed by atoms with Gasteiger partial charge >= 0.3 is 0 Å². The highest BCUT2D eigenvalue weighted by Gasteiger charge is 2.02. The van der Waals surface area contributed by atoms with Crippen LogP contribution in [0.2, 0.25) is 0 Å². The fraction of sp³-hybridized carbons (Fsp3) is 0.0909. The fourth-order valence-electron chi connectivity index (χ4n) is 1.21. The number of aryl methyl sites for hydroxylation is 1. The van der Waals surface area contributed by atoms with Crippen molar-refractivity contribution in [2.45, 2.75) is 6.92 Å². The lowest BCUT2D eigenvalue weighted by Crippen LogP contribution is -2.04. The molecule has 2 aromatic rings. The highest BCUT2D eigenvalue weighted by molar-refractivity contribution is 5.31. The summed E-state index contributed by atoms with van der Waals surface area (Å²) in [5.41, 5.74) is 0.172. The smallest absolute Gasteiger partial charge is 0.254 e. The number of H-pyrrole nitrogens is 1. The van der Waals surface area contributed by atoms with Crippen LogP contribution < -0.4 is 10.3 Å². The summed E-state index contributed by atoms with van der Waals surface area (Å²) in [7, 11) is 0. The number of nitrogens with one attached hydrogen (secondary N) is 1. The lowest BCUT2D eigenvalue weighted by atomic mass is 10.2. The molecule has 16 heavy (non-hydrogen) atoms. The van der Waals surface area contributed by atoms with Crippen molar-refractivity contribution in [3.8, 4) is 11.6 Å². The molecule has 5 heteroatoms. The van der Waals surface area contributed by atoms with Crippen LogP contribution in [0.1, 0.15) is 5.56 Å². The number of benzene rings is 1. The summed E-state index contributed by atoms with van der Waals surface area (Å²) < 4.78 is 18.3. The van der Waals surface area contributed by atoms with E-state index in [1.165, 1.54) is 30.6 Å². The van der Waals surface area contributed by atoms with Crippen molar-refractivity contribution in [3.05, 3.63) is 52.3 Å². The average Bonchev–Trinajstić information content (AvgIpc) is 2.24. The highest BCUT2D eigenvalue weighted by Crippen LogP contribution is 2.20. The quantitative estimate of drug-likeness (QED) is 0.842. The molecule has 0 fully saturated rings. The predicted molar refractivity (Wildman–Crippen MR) is 56.1 cm³/mol. The molecule has 0 saturated carbocycles. The maximum atomic E-state index is 13.0. The standard InChI is InChI=1S/C11H9FN2O2/c1-7-4-8(2-3-9(7)12)16-11-5-10(15)13-6-14-11/h2-6H,1H3,(H,13,14,15). The third-order valence-electron chi connectivity index (χ3n) is 2.00. The fourth-order valence-corrected chi connectivity index (χ4v) is 1.21. The number of aromatic nitrogens is 2. The predicted octanol–water partition coefficient (Wildman–Crippen LogP) is 2.01. The molecule has 0 radical (unpaired) electrons. The minimum atomic E-state index is -0.302. The summed E-state index contributed by atoms with van der Waals surface area (Å²) in [5, 5.41) is 0. The van der Waals surface area contributed by atoms with Crippen LogP contribution in [0.3, 0.4) is 0 Å². The first-order valence-corrected chi connectivity index (χ1v) is 4.64. The van der Waals surface area contributed by atoms with E-state index in [4.69, 9.17) is 4.74 Å². The molecular weight excluding hydrogens is 211 g/mol. The van der Waals surface area contributed by atoms with Gasteiger partial charge < -0.3 is 9.72 Å².